The van der Waals surface area contributed by atoms with Gasteiger partial charge in [-0.15, -0.1) is 0 Å². The summed E-state index contributed by atoms with van der Waals surface area (Å²) < 4.78 is 0. The molecule has 0 aromatic heterocycles. The van der Waals surface area contributed by atoms with Gasteiger partial charge in [-0.2, -0.15) is 0 Å². The number of benzene rings is 2. The van der Waals surface area contributed by atoms with Gasteiger partial charge in [0.2, 0.25) is 11.8 Å². The molecule has 3 N–H and O–H groups in total. The number of anilines is 3. The molecule has 2 aromatic carbocycles. The highest BCUT2D eigenvalue weighted by Gasteiger charge is 2.24. The average molecular weight is 323 g/mol. The monoisotopic (exact) mass is 323 g/mol. The third kappa shape index (κ3) is 3.56. The SMILES string of the molecule is Nc1ccccc1CCC(=O)Nc1ccccc1N1CCCC1=O. The molecule has 0 radical (unpaired) electrons. The standard InChI is InChI=1S/C19H21N3O2/c20-15-7-2-1-6-14(15)11-12-18(23)21-16-8-3-4-9-17(16)22-13-5-10-19(22)24/h1-4,6-9H,5,10-13,20H2,(H,21,23). The van der Waals surface area contributed by atoms with Crippen LogP contribution in [0, 0.1) is 0 Å². The van der Waals surface area contributed by atoms with E-state index in [4.69, 9.17) is 5.73 Å². The van der Waals surface area contributed by atoms with Crippen molar-refractivity contribution in [1.82, 2.24) is 0 Å². The van der Waals surface area contributed by atoms with Gasteiger partial charge in [-0.25, -0.2) is 0 Å². The number of nitrogens with one attached hydrogen (secondary N) is 1. The Bertz CT molecular complexity index is 758. The van der Waals surface area contributed by atoms with Gasteiger partial charge < -0.3 is 16.0 Å². The highest BCUT2D eigenvalue weighted by Crippen LogP contribution is 2.29. The lowest BCUT2D eigenvalue weighted by Gasteiger charge is -2.20. The van der Waals surface area contributed by atoms with Crippen LogP contribution in [0.1, 0.15) is 24.8 Å². The molecule has 1 aliphatic heterocycles. The maximum Gasteiger partial charge on any atom is 0.227 e. The Kier molecular flexibility index (Phi) is 4.79. The summed E-state index contributed by atoms with van der Waals surface area (Å²) in [7, 11) is 0. The Balaban J connectivity index is 1.66. The molecule has 1 saturated heterocycles. The van der Waals surface area contributed by atoms with Crippen molar-refractivity contribution < 1.29 is 9.59 Å². The lowest BCUT2D eigenvalue weighted by molar-refractivity contribution is -0.117. The Morgan fingerprint density at radius 3 is 2.62 bits per heavy atom. The van der Waals surface area contributed by atoms with Crippen LogP contribution in [0.25, 0.3) is 0 Å². The van der Waals surface area contributed by atoms with Gasteiger partial charge in [-0.3, -0.25) is 9.59 Å². The van der Waals surface area contributed by atoms with Gasteiger partial charge in [-0.1, -0.05) is 30.3 Å². The van der Waals surface area contributed by atoms with E-state index in [-0.39, 0.29) is 11.8 Å². The summed E-state index contributed by atoms with van der Waals surface area (Å²) in [5.74, 6) is 0.0195. The first-order valence-electron chi connectivity index (χ1n) is 8.18. The number of carbonyl (C=O) groups is 2. The average Bonchev–Trinajstić information content (AvgIpc) is 3.00. The number of hydrogen-bond donors (Lipinski definition) is 2. The molecule has 0 bridgehead atoms. The molecule has 1 fully saturated rings. The van der Waals surface area contributed by atoms with E-state index in [0.29, 0.717) is 37.2 Å². The fourth-order valence-electron chi connectivity index (χ4n) is 2.94. The molecular formula is C19H21N3O2. The van der Waals surface area contributed by atoms with Crippen LogP contribution in [-0.4, -0.2) is 18.4 Å². The number of aryl methyl sites for hydroxylation is 1. The van der Waals surface area contributed by atoms with E-state index in [1.807, 2.05) is 48.5 Å². The minimum Gasteiger partial charge on any atom is -0.399 e. The van der Waals surface area contributed by atoms with Crippen molar-refractivity contribution >= 4 is 28.9 Å². The van der Waals surface area contributed by atoms with Crippen molar-refractivity contribution in [2.45, 2.75) is 25.7 Å². The summed E-state index contributed by atoms with van der Waals surface area (Å²) in [6.45, 7) is 0.701. The highest BCUT2D eigenvalue weighted by atomic mass is 16.2. The second kappa shape index (κ2) is 7.17. The zero-order valence-corrected chi connectivity index (χ0v) is 13.5. The second-order valence-corrected chi connectivity index (χ2v) is 5.91. The van der Waals surface area contributed by atoms with E-state index in [0.717, 1.165) is 17.7 Å². The first-order chi connectivity index (χ1) is 11.6. The Morgan fingerprint density at radius 1 is 1.12 bits per heavy atom. The van der Waals surface area contributed by atoms with Crippen LogP contribution in [0.4, 0.5) is 17.1 Å². The van der Waals surface area contributed by atoms with Crippen molar-refractivity contribution in [1.29, 1.82) is 0 Å². The maximum atomic E-state index is 12.3. The number of nitrogen functional groups attached to an aromatic ring is 1. The van der Waals surface area contributed by atoms with E-state index in [2.05, 4.69) is 5.32 Å². The zero-order valence-electron chi connectivity index (χ0n) is 13.5. The normalized spacial score (nSPS) is 14.0. The van der Waals surface area contributed by atoms with Gasteiger partial charge in [0, 0.05) is 25.1 Å². The molecule has 0 aliphatic carbocycles. The third-order valence-electron chi connectivity index (χ3n) is 4.22. The minimum atomic E-state index is -0.0858. The summed E-state index contributed by atoms with van der Waals surface area (Å²) in [5.41, 5.74) is 9.03. The summed E-state index contributed by atoms with van der Waals surface area (Å²) in [4.78, 5) is 26.0. The first kappa shape index (κ1) is 16.1. The van der Waals surface area contributed by atoms with Gasteiger partial charge >= 0.3 is 0 Å². The van der Waals surface area contributed by atoms with E-state index in [9.17, 15) is 9.59 Å². The van der Waals surface area contributed by atoms with E-state index < -0.39 is 0 Å². The van der Waals surface area contributed by atoms with Crippen LogP contribution in [0.15, 0.2) is 48.5 Å². The molecule has 0 unspecified atom stereocenters. The fraction of sp³-hybridized carbons (Fsp3) is 0.263. The van der Waals surface area contributed by atoms with E-state index in [1.54, 1.807) is 4.90 Å². The smallest absolute Gasteiger partial charge is 0.227 e. The number of nitrogens with zero attached hydrogens (tertiary/aromatic N) is 1. The Morgan fingerprint density at radius 2 is 1.88 bits per heavy atom. The molecule has 24 heavy (non-hydrogen) atoms. The second-order valence-electron chi connectivity index (χ2n) is 5.91. The van der Waals surface area contributed by atoms with Gasteiger partial charge in [0.05, 0.1) is 11.4 Å². The number of rotatable bonds is 5. The zero-order chi connectivity index (χ0) is 16.9. The van der Waals surface area contributed by atoms with Crippen LogP contribution in [0.5, 0.6) is 0 Å². The summed E-state index contributed by atoms with van der Waals surface area (Å²) in [6.07, 6.45) is 2.35. The lowest BCUT2D eigenvalue weighted by atomic mass is 10.1. The molecule has 0 spiro atoms. The topological polar surface area (TPSA) is 75.4 Å². The van der Waals surface area contributed by atoms with Crippen LogP contribution < -0.4 is 16.0 Å². The molecule has 0 atom stereocenters. The number of para-hydroxylation sites is 3. The number of nitrogens with two attached hydrogens (primary N) is 1. The predicted molar refractivity (Wildman–Crippen MR) is 95.8 cm³/mol. The molecule has 5 nitrogen and oxygen atoms in total. The Labute approximate surface area is 141 Å². The molecule has 2 amide bonds. The van der Waals surface area contributed by atoms with Gasteiger partial charge in [-0.05, 0) is 36.6 Å². The molecule has 124 valence electrons. The van der Waals surface area contributed by atoms with Crippen molar-refractivity contribution in [3.63, 3.8) is 0 Å². The summed E-state index contributed by atoms with van der Waals surface area (Å²) >= 11 is 0. The quantitative estimate of drug-likeness (QED) is 0.831. The third-order valence-corrected chi connectivity index (χ3v) is 4.22. The number of amides is 2. The Hall–Kier alpha value is -2.82. The van der Waals surface area contributed by atoms with Crippen LogP contribution in [0.2, 0.25) is 0 Å². The molecule has 5 heteroatoms. The molecule has 1 aliphatic rings. The molecule has 2 aromatic rings. The van der Waals surface area contributed by atoms with Crippen molar-refractivity contribution in [2.75, 3.05) is 22.5 Å². The van der Waals surface area contributed by atoms with Crippen molar-refractivity contribution in [3.8, 4) is 0 Å². The van der Waals surface area contributed by atoms with E-state index >= 15 is 0 Å². The van der Waals surface area contributed by atoms with E-state index in [1.165, 1.54) is 0 Å². The van der Waals surface area contributed by atoms with Crippen molar-refractivity contribution in [2.24, 2.45) is 0 Å². The number of hydrogen-bond acceptors (Lipinski definition) is 3. The predicted octanol–water partition coefficient (Wildman–Crippen LogP) is 2.97. The largest absolute Gasteiger partial charge is 0.399 e. The minimum absolute atomic E-state index is 0.0858. The molecule has 1 heterocycles. The molecule has 0 saturated carbocycles. The van der Waals surface area contributed by atoms with Crippen LogP contribution in [0.3, 0.4) is 0 Å². The van der Waals surface area contributed by atoms with Crippen LogP contribution >= 0.6 is 0 Å². The highest BCUT2D eigenvalue weighted by molar-refractivity contribution is 6.02. The lowest BCUT2D eigenvalue weighted by Crippen LogP contribution is -2.25. The molecule has 3 rings (SSSR count). The van der Waals surface area contributed by atoms with Crippen LogP contribution in [-0.2, 0) is 16.0 Å². The summed E-state index contributed by atoms with van der Waals surface area (Å²) in [5, 5.41) is 2.92. The van der Waals surface area contributed by atoms with Gasteiger partial charge in [0.25, 0.3) is 0 Å². The summed E-state index contributed by atoms with van der Waals surface area (Å²) in [6, 6.07) is 15.0. The number of carbonyl (C=O) groups excluding carboxylic acids is 2. The first-order valence-corrected chi connectivity index (χ1v) is 8.18. The maximum absolute atomic E-state index is 12.3. The van der Waals surface area contributed by atoms with Gasteiger partial charge in [0.1, 0.15) is 0 Å². The fourth-order valence-corrected chi connectivity index (χ4v) is 2.94. The molecular weight excluding hydrogens is 302 g/mol. The van der Waals surface area contributed by atoms with Gasteiger partial charge in [0.15, 0.2) is 0 Å². The van der Waals surface area contributed by atoms with Crippen molar-refractivity contribution in [3.05, 3.63) is 54.1 Å².